The van der Waals surface area contributed by atoms with Gasteiger partial charge in [0.05, 0.1) is 0 Å². The Labute approximate surface area is 179 Å². The van der Waals surface area contributed by atoms with Crippen LogP contribution in [0.4, 0.5) is 0 Å². The summed E-state index contributed by atoms with van der Waals surface area (Å²) >= 11 is 0. The second-order valence-electron chi connectivity index (χ2n) is 6.71. The molecule has 2 aromatic carbocycles. The molecule has 4 atom stereocenters. The number of hydrogen-bond donors (Lipinski definition) is 0. The van der Waals surface area contributed by atoms with Gasteiger partial charge in [0.1, 0.15) is 0 Å². The molecule has 0 amide bonds. The lowest BCUT2D eigenvalue weighted by molar-refractivity contribution is -0.533. The van der Waals surface area contributed by atoms with E-state index >= 15 is 0 Å². The van der Waals surface area contributed by atoms with Crippen LogP contribution >= 0.6 is 0 Å². The molecule has 0 aliphatic carbocycles. The second kappa shape index (κ2) is 10.5. The molecular weight excluding hydrogens is 384 g/mol. The number of benzene rings is 2. The fourth-order valence-electron chi connectivity index (χ4n) is 3.81. The summed E-state index contributed by atoms with van der Waals surface area (Å²) in [6.07, 6.45) is -1.59. The zero-order chi connectivity index (χ0) is 21.5. The van der Waals surface area contributed by atoms with Crippen LogP contribution in [0.2, 0.25) is 0 Å². The first-order valence-electron chi connectivity index (χ1n) is 10.6. The molecule has 0 radical (unpaired) electrons. The highest BCUT2D eigenvalue weighted by molar-refractivity contribution is 5.31. The largest absolute Gasteiger partial charge is 0.348 e. The van der Waals surface area contributed by atoms with Gasteiger partial charge in [0.2, 0.25) is 12.6 Å². The summed E-state index contributed by atoms with van der Waals surface area (Å²) < 4.78 is 37.7. The number of rotatable bonds is 10. The first kappa shape index (κ1) is 22.9. The molecule has 4 unspecified atom stereocenters. The molecule has 1 aliphatic rings. The van der Waals surface area contributed by atoms with E-state index in [-0.39, 0.29) is 0 Å². The molecule has 1 fully saturated rings. The summed E-state index contributed by atoms with van der Waals surface area (Å²) in [5.41, 5.74) is 1.53. The zero-order valence-corrected chi connectivity index (χ0v) is 18.2. The smallest absolute Gasteiger partial charge is 0.258 e. The summed E-state index contributed by atoms with van der Waals surface area (Å²) in [5, 5.41) is 0. The molecule has 3 rings (SSSR count). The Morgan fingerprint density at radius 2 is 0.967 bits per heavy atom. The normalized spacial score (nSPS) is 29.1. The molecule has 1 aliphatic heterocycles. The van der Waals surface area contributed by atoms with E-state index in [1.807, 2.05) is 88.4 Å². The Bertz CT molecular complexity index is 689. The van der Waals surface area contributed by atoms with Crippen molar-refractivity contribution in [1.82, 2.24) is 0 Å². The maximum atomic E-state index is 6.61. The molecule has 0 spiro atoms. The number of ether oxygens (including phenoxy) is 6. The fraction of sp³-hybridized carbons (Fsp3) is 0.500. The van der Waals surface area contributed by atoms with Crippen LogP contribution in [0.5, 0.6) is 0 Å². The molecule has 0 saturated carbocycles. The van der Waals surface area contributed by atoms with E-state index in [9.17, 15) is 0 Å². The lowest BCUT2D eigenvalue weighted by Crippen LogP contribution is -2.65. The molecule has 30 heavy (non-hydrogen) atoms. The minimum atomic E-state index is -1.41. The first-order valence-corrected chi connectivity index (χ1v) is 10.6. The van der Waals surface area contributed by atoms with Crippen molar-refractivity contribution >= 4 is 0 Å². The highest BCUT2D eigenvalue weighted by Gasteiger charge is 2.65. The summed E-state index contributed by atoms with van der Waals surface area (Å²) in [7, 11) is 0. The highest BCUT2D eigenvalue weighted by atomic mass is 16.9. The molecular formula is C24H32O6. The molecule has 0 bridgehead atoms. The SMILES string of the molecule is CCOC1OC(OCC)(c2ccccc2)C(OCC)(c2ccccc2)OC1OCC. The Balaban J connectivity index is 2.26. The molecule has 0 N–H and O–H groups in total. The minimum absolute atomic E-state index is 0.373. The van der Waals surface area contributed by atoms with Gasteiger partial charge in [0, 0.05) is 37.6 Å². The Hall–Kier alpha value is -1.80. The van der Waals surface area contributed by atoms with Crippen molar-refractivity contribution in [2.75, 3.05) is 26.4 Å². The van der Waals surface area contributed by atoms with E-state index in [0.29, 0.717) is 26.4 Å². The van der Waals surface area contributed by atoms with Gasteiger partial charge in [0.15, 0.2) is 0 Å². The molecule has 6 heteroatoms. The molecule has 1 heterocycles. The molecule has 0 aromatic heterocycles. The van der Waals surface area contributed by atoms with Gasteiger partial charge >= 0.3 is 0 Å². The van der Waals surface area contributed by atoms with Crippen LogP contribution in [0.25, 0.3) is 0 Å². The predicted molar refractivity (Wildman–Crippen MR) is 112 cm³/mol. The summed E-state index contributed by atoms with van der Waals surface area (Å²) in [6.45, 7) is 9.25. The lowest BCUT2D eigenvalue weighted by atomic mass is 9.88. The Kier molecular flexibility index (Phi) is 7.99. The first-order chi connectivity index (χ1) is 14.7. The standard InChI is InChI=1S/C24H32O6/c1-5-25-21-22(26-6-2)30-24(28-8-4,20-17-13-10-14-18-20)23(29-21,27-7-3)19-15-11-9-12-16-19/h9-18,21-22H,5-8H2,1-4H3. The Morgan fingerprint density at radius 1 is 0.600 bits per heavy atom. The van der Waals surface area contributed by atoms with E-state index in [4.69, 9.17) is 28.4 Å². The van der Waals surface area contributed by atoms with Crippen LogP contribution < -0.4 is 0 Å². The van der Waals surface area contributed by atoms with E-state index < -0.39 is 24.2 Å². The van der Waals surface area contributed by atoms with Crippen molar-refractivity contribution in [2.24, 2.45) is 0 Å². The van der Waals surface area contributed by atoms with Gasteiger partial charge in [-0.2, -0.15) is 0 Å². The topological polar surface area (TPSA) is 55.4 Å². The van der Waals surface area contributed by atoms with Crippen molar-refractivity contribution < 1.29 is 28.4 Å². The van der Waals surface area contributed by atoms with Crippen molar-refractivity contribution in [2.45, 2.75) is 51.8 Å². The highest BCUT2D eigenvalue weighted by Crippen LogP contribution is 2.53. The minimum Gasteiger partial charge on any atom is -0.348 e. The molecule has 1 saturated heterocycles. The van der Waals surface area contributed by atoms with Crippen molar-refractivity contribution in [3.8, 4) is 0 Å². The van der Waals surface area contributed by atoms with Gasteiger partial charge in [-0.25, -0.2) is 0 Å². The van der Waals surface area contributed by atoms with E-state index in [2.05, 4.69) is 0 Å². The second-order valence-corrected chi connectivity index (χ2v) is 6.71. The van der Waals surface area contributed by atoms with Gasteiger partial charge in [-0.1, -0.05) is 60.7 Å². The Morgan fingerprint density at radius 3 is 1.27 bits per heavy atom. The van der Waals surface area contributed by atoms with E-state index in [1.54, 1.807) is 0 Å². The lowest BCUT2D eigenvalue weighted by Gasteiger charge is -2.54. The summed E-state index contributed by atoms with van der Waals surface area (Å²) in [5.74, 6) is -2.82. The van der Waals surface area contributed by atoms with Gasteiger partial charge in [-0.3, -0.25) is 0 Å². The predicted octanol–water partition coefficient (Wildman–Crippen LogP) is 4.54. The maximum Gasteiger partial charge on any atom is 0.258 e. The molecule has 2 aromatic rings. The van der Waals surface area contributed by atoms with Crippen LogP contribution in [-0.2, 0) is 40.0 Å². The van der Waals surface area contributed by atoms with Gasteiger partial charge < -0.3 is 28.4 Å². The van der Waals surface area contributed by atoms with E-state index in [0.717, 1.165) is 11.1 Å². The third kappa shape index (κ3) is 4.17. The molecule has 6 nitrogen and oxygen atoms in total. The van der Waals surface area contributed by atoms with Crippen molar-refractivity contribution in [3.05, 3.63) is 71.8 Å². The van der Waals surface area contributed by atoms with Gasteiger partial charge in [-0.05, 0) is 27.7 Å². The van der Waals surface area contributed by atoms with Crippen LogP contribution in [-0.4, -0.2) is 39.0 Å². The monoisotopic (exact) mass is 416 g/mol. The van der Waals surface area contributed by atoms with Gasteiger partial charge in [0.25, 0.3) is 11.6 Å². The zero-order valence-electron chi connectivity index (χ0n) is 18.2. The average molecular weight is 417 g/mol. The van der Waals surface area contributed by atoms with Crippen LogP contribution in [0.15, 0.2) is 60.7 Å². The number of hydrogen-bond acceptors (Lipinski definition) is 6. The van der Waals surface area contributed by atoms with Crippen molar-refractivity contribution in [3.63, 3.8) is 0 Å². The fourth-order valence-corrected chi connectivity index (χ4v) is 3.81. The maximum absolute atomic E-state index is 6.61. The van der Waals surface area contributed by atoms with Crippen molar-refractivity contribution in [1.29, 1.82) is 0 Å². The molecule has 164 valence electrons. The van der Waals surface area contributed by atoms with Crippen LogP contribution in [0, 0.1) is 0 Å². The van der Waals surface area contributed by atoms with Crippen LogP contribution in [0.3, 0.4) is 0 Å². The van der Waals surface area contributed by atoms with Crippen LogP contribution in [0.1, 0.15) is 38.8 Å². The third-order valence-electron chi connectivity index (χ3n) is 4.88. The third-order valence-corrected chi connectivity index (χ3v) is 4.88. The average Bonchev–Trinajstić information content (AvgIpc) is 2.78. The van der Waals surface area contributed by atoms with E-state index in [1.165, 1.54) is 0 Å². The summed E-state index contributed by atoms with van der Waals surface area (Å²) in [6, 6.07) is 19.4. The summed E-state index contributed by atoms with van der Waals surface area (Å²) in [4.78, 5) is 0. The quantitative estimate of drug-likeness (QED) is 0.567. The van der Waals surface area contributed by atoms with Gasteiger partial charge in [-0.15, -0.1) is 0 Å².